The average Bonchev–Trinajstić information content (AvgIpc) is 3.55. The number of aromatic nitrogens is 1. The molecule has 2 heteroatoms. The SMILES string of the molecule is CCCCCCCCC1(C)c2cc(C)ccc2-c2ccc(-c3cc4c5c(c3)c3cc(C)ccc3n5-c3ccc(C(C)CC)cc3C4)cc21.[P-3]. The van der Waals surface area contributed by atoms with E-state index in [1.54, 1.807) is 0 Å². The number of hydrogen-bond donors (Lipinski definition) is 0. The molecule has 1 aliphatic carbocycles. The highest BCUT2D eigenvalue weighted by molar-refractivity contribution is 6.92. The second-order valence-electron chi connectivity index (χ2n) is 15.4. The van der Waals surface area contributed by atoms with Gasteiger partial charge in [-0.15, -0.1) is 0 Å². The van der Waals surface area contributed by atoms with Crippen molar-refractivity contribution in [3.8, 4) is 27.9 Å². The first-order valence-corrected chi connectivity index (χ1v) is 18.8. The maximum atomic E-state index is 2.57. The van der Waals surface area contributed by atoms with E-state index in [0.717, 1.165) is 12.8 Å². The molecule has 0 spiro atoms. The van der Waals surface area contributed by atoms with E-state index in [1.807, 2.05) is 0 Å². The van der Waals surface area contributed by atoms with E-state index in [2.05, 4.69) is 131 Å². The number of benzene rings is 5. The molecule has 0 saturated carbocycles. The topological polar surface area (TPSA) is 4.93 Å². The molecule has 2 atom stereocenters. The summed E-state index contributed by atoms with van der Waals surface area (Å²) in [4.78, 5) is 0. The summed E-state index contributed by atoms with van der Waals surface area (Å²) in [5, 5.41) is 2.75. The van der Waals surface area contributed by atoms with E-state index in [9.17, 15) is 0 Å². The second kappa shape index (κ2) is 13.2. The molecule has 0 saturated heterocycles. The van der Waals surface area contributed by atoms with Crippen LogP contribution in [-0.2, 0) is 11.8 Å². The summed E-state index contributed by atoms with van der Waals surface area (Å²) in [5.74, 6) is 0.567. The van der Waals surface area contributed by atoms with E-state index in [0.29, 0.717) is 5.92 Å². The smallest absolute Gasteiger partial charge is 0.0577 e. The lowest BCUT2D eigenvalue weighted by Gasteiger charge is -3.00. The van der Waals surface area contributed by atoms with Crippen LogP contribution in [0.3, 0.4) is 0 Å². The number of nitrogens with zero attached hydrogens (tertiary/aromatic N) is 1. The lowest BCUT2D eigenvalue weighted by atomic mass is 9.75. The highest BCUT2D eigenvalue weighted by Gasteiger charge is 2.39. The Balaban J connectivity index is 0.00000378. The third-order valence-electron chi connectivity index (χ3n) is 12.0. The number of fused-ring (bicyclic) bond motifs is 8. The van der Waals surface area contributed by atoms with E-state index < -0.39 is 0 Å². The normalized spacial score (nSPS) is 16.4. The zero-order valence-electron chi connectivity index (χ0n) is 30.4. The van der Waals surface area contributed by atoms with Crippen molar-refractivity contribution in [3.05, 3.63) is 124 Å². The summed E-state index contributed by atoms with van der Waals surface area (Å²) in [6, 6.07) is 33.8. The Kier molecular flexibility index (Phi) is 9.13. The van der Waals surface area contributed by atoms with Crippen molar-refractivity contribution in [1.82, 2.24) is 4.57 Å². The van der Waals surface area contributed by atoms with E-state index in [4.69, 9.17) is 0 Å². The van der Waals surface area contributed by atoms with Crippen molar-refractivity contribution in [2.45, 2.75) is 111 Å². The van der Waals surface area contributed by atoms with Gasteiger partial charge in [0.05, 0.1) is 11.0 Å². The minimum atomic E-state index is 0. The molecular formula is C47H51NP-3. The molecule has 1 aromatic heterocycles. The van der Waals surface area contributed by atoms with Gasteiger partial charge in [0.15, 0.2) is 0 Å². The fourth-order valence-electron chi connectivity index (χ4n) is 9.05. The first kappa shape index (κ1) is 33.8. The standard InChI is InChI=1S/C47H51N.P/c1-7-9-10-11-12-13-22-47(6)42-24-31(4)14-18-38(42)39-19-16-34(29-43(39)47)35-26-37-27-36-25-33(32(5)8-2)17-21-44(36)48-45-20-15-30(3)23-40(45)41(28-35)46(37)48;/h14-21,23-26,28-29,32H,7-13,22,27H2,1-6H3;/q;-3. The molecule has 0 bridgehead atoms. The zero-order valence-corrected chi connectivity index (χ0v) is 31.3. The molecule has 2 aliphatic rings. The monoisotopic (exact) mass is 660 g/mol. The van der Waals surface area contributed by atoms with Gasteiger partial charge in [-0.25, -0.2) is 0 Å². The molecule has 2 heterocycles. The lowest BCUT2D eigenvalue weighted by molar-refractivity contribution is 0.480. The van der Waals surface area contributed by atoms with Gasteiger partial charge >= 0.3 is 0 Å². The fraction of sp³-hybridized carbons (Fsp3) is 0.362. The minimum absolute atomic E-state index is 0. The van der Waals surface area contributed by atoms with Crippen LogP contribution in [0.1, 0.15) is 124 Å². The van der Waals surface area contributed by atoms with E-state index >= 15 is 0 Å². The van der Waals surface area contributed by atoms with Crippen LogP contribution in [0, 0.1) is 13.8 Å². The predicted molar refractivity (Wildman–Crippen MR) is 214 cm³/mol. The van der Waals surface area contributed by atoms with Crippen molar-refractivity contribution < 1.29 is 0 Å². The maximum absolute atomic E-state index is 2.57. The molecule has 0 fully saturated rings. The van der Waals surface area contributed by atoms with Gasteiger partial charge in [-0.2, -0.15) is 0 Å². The molecule has 6 aromatic rings. The Hall–Kier alpha value is -3.67. The molecule has 2 unspecified atom stereocenters. The maximum Gasteiger partial charge on any atom is 0.0577 e. The Labute approximate surface area is 297 Å². The average molecular weight is 661 g/mol. The quantitative estimate of drug-likeness (QED) is 0.102. The van der Waals surface area contributed by atoms with E-state index in [-0.39, 0.29) is 15.3 Å². The Morgan fingerprint density at radius 2 is 1.39 bits per heavy atom. The molecule has 1 nitrogen and oxygen atoms in total. The summed E-state index contributed by atoms with van der Waals surface area (Å²) >= 11 is 0. The molecule has 0 N–H and O–H groups in total. The molecule has 1 aliphatic heterocycles. The van der Waals surface area contributed by atoms with Gasteiger partial charge in [0.2, 0.25) is 0 Å². The number of aryl methyl sites for hydroxylation is 2. The molecule has 252 valence electrons. The van der Waals surface area contributed by atoms with Crippen molar-refractivity contribution >= 4 is 31.7 Å². The summed E-state index contributed by atoms with van der Waals surface area (Å²) < 4.78 is 2.56. The molecule has 49 heavy (non-hydrogen) atoms. The van der Waals surface area contributed by atoms with Gasteiger partial charge in [0.25, 0.3) is 0 Å². The van der Waals surface area contributed by atoms with Crippen LogP contribution in [0.4, 0.5) is 0 Å². The molecule has 8 rings (SSSR count). The molecule has 0 radical (unpaired) electrons. The van der Waals surface area contributed by atoms with Crippen LogP contribution in [0.2, 0.25) is 0 Å². The van der Waals surface area contributed by atoms with Crippen LogP contribution in [0.5, 0.6) is 0 Å². The minimum Gasteiger partial charge on any atom is -3.00 e. The van der Waals surface area contributed by atoms with Gasteiger partial charge in [-0.1, -0.05) is 126 Å². The predicted octanol–water partition coefficient (Wildman–Crippen LogP) is 14.4. The number of hydrogen-bond acceptors (Lipinski definition) is 0. The van der Waals surface area contributed by atoms with Crippen molar-refractivity contribution in [1.29, 1.82) is 0 Å². The number of unbranched alkanes of at least 4 members (excludes halogenated alkanes) is 5. The fourth-order valence-corrected chi connectivity index (χ4v) is 9.05. The van der Waals surface area contributed by atoms with Crippen LogP contribution in [-0.4, -0.2) is 4.57 Å². The lowest BCUT2D eigenvalue weighted by Crippen LogP contribution is -2.21. The molecule has 5 aromatic carbocycles. The Bertz CT molecular complexity index is 2200. The van der Waals surface area contributed by atoms with Gasteiger partial charge < -0.3 is 14.5 Å². The van der Waals surface area contributed by atoms with Crippen LogP contribution >= 0.6 is 9.90 Å². The van der Waals surface area contributed by atoms with Gasteiger partial charge in [0.1, 0.15) is 0 Å². The molecule has 0 amide bonds. The third kappa shape index (κ3) is 5.58. The first-order chi connectivity index (χ1) is 23.3. The van der Waals surface area contributed by atoms with Crippen molar-refractivity contribution in [3.63, 3.8) is 0 Å². The van der Waals surface area contributed by atoms with Crippen LogP contribution in [0.15, 0.2) is 84.9 Å². The van der Waals surface area contributed by atoms with Gasteiger partial charge in [-0.05, 0) is 119 Å². The van der Waals surface area contributed by atoms with Gasteiger partial charge in [-0.3, -0.25) is 0 Å². The van der Waals surface area contributed by atoms with Crippen molar-refractivity contribution in [2.24, 2.45) is 0 Å². The summed E-state index contributed by atoms with van der Waals surface area (Å²) in [7, 11) is 0. The summed E-state index contributed by atoms with van der Waals surface area (Å²) in [5.41, 5.74) is 19.7. The summed E-state index contributed by atoms with van der Waals surface area (Å²) in [6.45, 7) is 14.0. The third-order valence-corrected chi connectivity index (χ3v) is 12.0. The largest absolute Gasteiger partial charge is 3.00 e. The molecular weight excluding hydrogens is 609 g/mol. The zero-order chi connectivity index (χ0) is 33.2. The first-order valence-electron chi connectivity index (χ1n) is 18.8. The Morgan fingerprint density at radius 3 is 2.18 bits per heavy atom. The van der Waals surface area contributed by atoms with Gasteiger partial charge in [0, 0.05) is 28.3 Å². The Morgan fingerprint density at radius 1 is 0.673 bits per heavy atom. The van der Waals surface area contributed by atoms with E-state index in [1.165, 1.54) is 134 Å². The highest BCUT2D eigenvalue weighted by atomic mass is 31.0. The number of rotatable bonds is 10. The van der Waals surface area contributed by atoms with Crippen LogP contribution < -0.4 is 0 Å². The van der Waals surface area contributed by atoms with Crippen molar-refractivity contribution in [2.75, 3.05) is 0 Å². The second-order valence-corrected chi connectivity index (χ2v) is 15.4. The van der Waals surface area contributed by atoms with Crippen LogP contribution in [0.25, 0.3) is 49.7 Å². The highest BCUT2D eigenvalue weighted by Crippen LogP contribution is 2.53. The summed E-state index contributed by atoms with van der Waals surface area (Å²) in [6.07, 6.45) is 11.3.